The van der Waals surface area contributed by atoms with Gasteiger partial charge in [-0.1, -0.05) is 48.0 Å². The maximum atomic E-state index is 12.5. The molecule has 2 aromatic carbocycles. The third kappa shape index (κ3) is 2.84. The SMILES string of the molecule is O=S(=O)(Nc1ccc(Cl)cn1)c1cccc2ccccc12. The van der Waals surface area contributed by atoms with Crippen LogP contribution in [0.5, 0.6) is 0 Å². The monoisotopic (exact) mass is 318 g/mol. The van der Waals surface area contributed by atoms with Gasteiger partial charge in [0.05, 0.1) is 9.92 Å². The molecule has 0 bridgehead atoms. The third-order valence-electron chi connectivity index (χ3n) is 3.01. The molecule has 0 saturated carbocycles. The molecule has 106 valence electrons. The molecule has 3 rings (SSSR count). The van der Waals surface area contributed by atoms with Crippen LogP contribution in [0.15, 0.2) is 65.7 Å². The Morgan fingerprint density at radius 3 is 2.48 bits per heavy atom. The molecule has 0 atom stereocenters. The lowest BCUT2D eigenvalue weighted by Crippen LogP contribution is -2.14. The van der Waals surface area contributed by atoms with E-state index in [1.54, 1.807) is 24.3 Å². The Balaban J connectivity index is 2.06. The Bertz CT molecular complexity index is 888. The lowest BCUT2D eigenvalue weighted by Gasteiger charge is -2.09. The summed E-state index contributed by atoms with van der Waals surface area (Å²) in [6.07, 6.45) is 1.39. The van der Waals surface area contributed by atoms with E-state index < -0.39 is 10.0 Å². The molecule has 1 aromatic heterocycles. The highest BCUT2D eigenvalue weighted by atomic mass is 35.5. The summed E-state index contributed by atoms with van der Waals surface area (Å²) >= 11 is 5.74. The van der Waals surface area contributed by atoms with Crippen molar-refractivity contribution in [1.82, 2.24) is 4.98 Å². The molecule has 0 radical (unpaired) electrons. The van der Waals surface area contributed by atoms with E-state index >= 15 is 0 Å². The van der Waals surface area contributed by atoms with Crippen LogP contribution in [0.1, 0.15) is 0 Å². The zero-order valence-electron chi connectivity index (χ0n) is 10.8. The van der Waals surface area contributed by atoms with Crippen LogP contribution in [0.4, 0.5) is 5.82 Å². The fraction of sp³-hybridized carbons (Fsp3) is 0. The molecule has 0 aliphatic heterocycles. The van der Waals surface area contributed by atoms with Crippen LogP contribution in [0.2, 0.25) is 5.02 Å². The number of hydrogen-bond donors (Lipinski definition) is 1. The summed E-state index contributed by atoms with van der Waals surface area (Å²) in [6.45, 7) is 0. The molecule has 0 amide bonds. The number of pyridine rings is 1. The second-order valence-electron chi connectivity index (χ2n) is 4.44. The molecule has 1 N–H and O–H groups in total. The summed E-state index contributed by atoms with van der Waals surface area (Å²) in [7, 11) is -3.71. The molecule has 0 unspecified atom stereocenters. The van der Waals surface area contributed by atoms with Gasteiger partial charge in [-0.15, -0.1) is 0 Å². The zero-order chi connectivity index (χ0) is 14.9. The first-order valence-electron chi connectivity index (χ1n) is 6.18. The minimum absolute atomic E-state index is 0.220. The molecule has 0 aliphatic rings. The van der Waals surface area contributed by atoms with E-state index in [-0.39, 0.29) is 10.7 Å². The van der Waals surface area contributed by atoms with Crippen molar-refractivity contribution in [3.05, 3.63) is 65.8 Å². The van der Waals surface area contributed by atoms with Crippen molar-refractivity contribution >= 4 is 38.2 Å². The molecular weight excluding hydrogens is 308 g/mol. The Morgan fingerprint density at radius 2 is 1.71 bits per heavy atom. The highest BCUT2D eigenvalue weighted by Gasteiger charge is 2.17. The number of fused-ring (bicyclic) bond motifs is 1. The molecule has 0 spiro atoms. The minimum Gasteiger partial charge on any atom is -0.263 e. The number of rotatable bonds is 3. The van der Waals surface area contributed by atoms with Gasteiger partial charge >= 0.3 is 0 Å². The Kier molecular flexibility index (Phi) is 3.53. The van der Waals surface area contributed by atoms with E-state index in [1.807, 2.05) is 24.3 Å². The fourth-order valence-corrected chi connectivity index (χ4v) is 3.41. The van der Waals surface area contributed by atoms with Crippen LogP contribution in [-0.4, -0.2) is 13.4 Å². The van der Waals surface area contributed by atoms with Gasteiger partial charge in [0.15, 0.2) is 0 Å². The van der Waals surface area contributed by atoms with Crippen LogP contribution in [0.3, 0.4) is 0 Å². The number of hydrogen-bond acceptors (Lipinski definition) is 3. The van der Waals surface area contributed by atoms with Crippen LogP contribution < -0.4 is 4.72 Å². The standard InChI is InChI=1S/C15H11ClN2O2S/c16-12-8-9-15(17-10-12)18-21(19,20)14-7-3-5-11-4-1-2-6-13(11)14/h1-10H,(H,17,18). The average Bonchev–Trinajstić information content (AvgIpc) is 2.49. The van der Waals surface area contributed by atoms with E-state index in [2.05, 4.69) is 9.71 Å². The number of anilines is 1. The molecule has 0 aliphatic carbocycles. The van der Waals surface area contributed by atoms with Gasteiger partial charge in [-0.25, -0.2) is 13.4 Å². The summed E-state index contributed by atoms with van der Waals surface area (Å²) in [6, 6.07) is 15.6. The van der Waals surface area contributed by atoms with E-state index in [0.717, 1.165) is 5.39 Å². The molecule has 4 nitrogen and oxygen atoms in total. The number of aromatic nitrogens is 1. The topological polar surface area (TPSA) is 59.1 Å². The van der Waals surface area contributed by atoms with Gasteiger partial charge in [-0.05, 0) is 23.6 Å². The first-order chi connectivity index (χ1) is 10.1. The normalized spacial score (nSPS) is 11.5. The Hall–Kier alpha value is -2.11. The van der Waals surface area contributed by atoms with Crippen molar-refractivity contribution in [2.45, 2.75) is 4.90 Å². The van der Waals surface area contributed by atoms with Gasteiger partial charge in [0.1, 0.15) is 5.82 Å². The van der Waals surface area contributed by atoms with Crippen molar-refractivity contribution in [3.8, 4) is 0 Å². The Morgan fingerprint density at radius 1 is 0.952 bits per heavy atom. The number of benzene rings is 2. The number of nitrogens with zero attached hydrogens (tertiary/aromatic N) is 1. The molecule has 1 heterocycles. The van der Waals surface area contributed by atoms with E-state index in [0.29, 0.717) is 10.4 Å². The average molecular weight is 319 g/mol. The summed E-state index contributed by atoms with van der Waals surface area (Å²) in [5.74, 6) is 0.229. The molecular formula is C15H11ClN2O2S. The maximum Gasteiger partial charge on any atom is 0.263 e. The summed E-state index contributed by atoms with van der Waals surface area (Å²) in [4.78, 5) is 4.17. The van der Waals surface area contributed by atoms with Crippen LogP contribution in [0.25, 0.3) is 10.8 Å². The summed E-state index contributed by atoms with van der Waals surface area (Å²) in [5, 5.41) is 1.98. The highest BCUT2D eigenvalue weighted by molar-refractivity contribution is 7.93. The maximum absolute atomic E-state index is 12.5. The van der Waals surface area contributed by atoms with Gasteiger partial charge < -0.3 is 0 Å². The second-order valence-corrected chi connectivity index (χ2v) is 6.53. The van der Waals surface area contributed by atoms with Crippen molar-refractivity contribution < 1.29 is 8.42 Å². The van der Waals surface area contributed by atoms with Crippen molar-refractivity contribution in [1.29, 1.82) is 0 Å². The summed E-state index contributed by atoms with van der Waals surface area (Å²) < 4.78 is 27.5. The van der Waals surface area contributed by atoms with Crippen LogP contribution >= 0.6 is 11.6 Å². The van der Waals surface area contributed by atoms with Gasteiger partial charge in [0, 0.05) is 11.6 Å². The molecule has 6 heteroatoms. The van der Waals surface area contributed by atoms with E-state index in [1.165, 1.54) is 12.3 Å². The lowest BCUT2D eigenvalue weighted by molar-refractivity contribution is 0.602. The van der Waals surface area contributed by atoms with Crippen molar-refractivity contribution in [2.24, 2.45) is 0 Å². The summed E-state index contributed by atoms with van der Waals surface area (Å²) in [5.41, 5.74) is 0. The third-order valence-corrected chi connectivity index (χ3v) is 4.64. The number of halogens is 1. The second kappa shape index (κ2) is 5.35. The van der Waals surface area contributed by atoms with E-state index in [4.69, 9.17) is 11.6 Å². The van der Waals surface area contributed by atoms with Gasteiger partial charge in [-0.3, -0.25) is 4.72 Å². The van der Waals surface area contributed by atoms with Crippen molar-refractivity contribution in [2.75, 3.05) is 4.72 Å². The predicted molar refractivity (Wildman–Crippen MR) is 84.0 cm³/mol. The quantitative estimate of drug-likeness (QED) is 0.801. The fourth-order valence-electron chi connectivity index (χ4n) is 2.06. The first kappa shape index (κ1) is 13.9. The molecule has 0 saturated heterocycles. The minimum atomic E-state index is -3.71. The lowest BCUT2D eigenvalue weighted by atomic mass is 10.1. The Labute approximate surface area is 127 Å². The van der Waals surface area contributed by atoms with Crippen molar-refractivity contribution in [3.63, 3.8) is 0 Å². The predicted octanol–water partition coefficient (Wildman–Crippen LogP) is 3.69. The smallest absolute Gasteiger partial charge is 0.263 e. The number of sulfonamides is 1. The van der Waals surface area contributed by atoms with Crippen LogP contribution in [0, 0.1) is 0 Å². The zero-order valence-corrected chi connectivity index (χ0v) is 12.4. The number of nitrogens with one attached hydrogen (secondary N) is 1. The molecule has 0 fully saturated rings. The van der Waals surface area contributed by atoms with Gasteiger partial charge in [0.25, 0.3) is 10.0 Å². The molecule has 21 heavy (non-hydrogen) atoms. The van der Waals surface area contributed by atoms with Gasteiger partial charge in [0.2, 0.25) is 0 Å². The largest absolute Gasteiger partial charge is 0.263 e. The van der Waals surface area contributed by atoms with E-state index in [9.17, 15) is 8.42 Å². The van der Waals surface area contributed by atoms with Gasteiger partial charge in [-0.2, -0.15) is 0 Å². The highest BCUT2D eigenvalue weighted by Crippen LogP contribution is 2.24. The van der Waals surface area contributed by atoms with Crippen LogP contribution in [-0.2, 0) is 10.0 Å². The first-order valence-corrected chi connectivity index (χ1v) is 8.04. The molecule has 3 aromatic rings.